The van der Waals surface area contributed by atoms with E-state index in [0.717, 1.165) is 12.8 Å². The average Bonchev–Trinajstić information content (AvgIpc) is 2.64. The van der Waals surface area contributed by atoms with Crippen LogP contribution >= 0.6 is 0 Å². The van der Waals surface area contributed by atoms with Gasteiger partial charge in [0.25, 0.3) is 0 Å². The molecule has 13 heavy (non-hydrogen) atoms. The predicted octanol–water partition coefficient (Wildman–Crippen LogP) is 1.68. The van der Waals surface area contributed by atoms with E-state index in [2.05, 4.69) is 19.2 Å². The molecule has 0 bridgehead atoms. The largest absolute Gasteiger partial charge is 0.392 e. The van der Waals surface area contributed by atoms with Crippen molar-refractivity contribution in [1.29, 1.82) is 0 Å². The van der Waals surface area contributed by atoms with Crippen LogP contribution in [0.2, 0.25) is 0 Å². The molecule has 0 aromatic carbocycles. The van der Waals surface area contributed by atoms with Gasteiger partial charge in [0.15, 0.2) is 0 Å². The lowest BCUT2D eigenvalue weighted by molar-refractivity contribution is 0.0885. The molecule has 76 valence electrons. The molecule has 2 saturated carbocycles. The van der Waals surface area contributed by atoms with E-state index < -0.39 is 0 Å². The summed E-state index contributed by atoms with van der Waals surface area (Å²) in [6.45, 7) is 4.58. The molecule has 2 N–H and O–H groups in total. The maximum absolute atomic E-state index is 9.75. The summed E-state index contributed by atoms with van der Waals surface area (Å²) in [5.41, 5.74) is 0.483. The molecule has 0 heterocycles. The van der Waals surface area contributed by atoms with Gasteiger partial charge in [0, 0.05) is 12.1 Å². The molecule has 3 atom stereocenters. The summed E-state index contributed by atoms with van der Waals surface area (Å²) in [4.78, 5) is 0. The second-order valence-corrected chi connectivity index (χ2v) is 5.37. The lowest BCUT2D eigenvalue weighted by Gasteiger charge is -2.29. The zero-order valence-corrected chi connectivity index (χ0v) is 8.71. The summed E-state index contributed by atoms with van der Waals surface area (Å²) in [5, 5.41) is 13.3. The summed E-state index contributed by atoms with van der Waals surface area (Å²) >= 11 is 0. The van der Waals surface area contributed by atoms with Crippen LogP contribution in [0.5, 0.6) is 0 Å². The molecular formula is C11H21NO. The molecule has 0 amide bonds. The van der Waals surface area contributed by atoms with Gasteiger partial charge in [0.05, 0.1) is 6.10 Å². The van der Waals surface area contributed by atoms with E-state index in [4.69, 9.17) is 0 Å². The fraction of sp³-hybridized carbons (Fsp3) is 1.00. The van der Waals surface area contributed by atoms with Gasteiger partial charge >= 0.3 is 0 Å². The normalized spacial score (nSPS) is 43.2. The standard InChI is InChI=1S/C11H21NO/c1-11(2)7-10(11)12-8-5-3-4-6-9(8)13/h8-10,12-13H,3-7H2,1-2H3/t8-,9-,10?/m1/s1. The van der Waals surface area contributed by atoms with Gasteiger partial charge in [-0.3, -0.25) is 0 Å². The molecule has 0 aromatic rings. The zero-order chi connectivity index (χ0) is 9.47. The molecule has 2 aliphatic rings. The van der Waals surface area contributed by atoms with Crippen molar-refractivity contribution in [3.63, 3.8) is 0 Å². The fourth-order valence-corrected chi connectivity index (χ4v) is 2.32. The van der Waals surface area contributed by atoms with Gasteiger partial charge in [0.1, 0.15) is 0 Å². The Morgan fingerprint density at radius 2 is 1.85 bits per heavy atom. The minimum Gasteiger partial charge on any atom is -0.392 e. The van der Waals surface area contributed by atoms with Crippen molar-refractivity contribution in [2.24, 2.45) is 5.41 Å². The first-order valence-corrected chi connectivity index (χ1v) is 5.54. The van der Waals surface area contributed by atoms with Gasteiger partial charge in [-0.15, -0.1) is 0 Å². The van der Waals surface area contributed by atoms with Crippen LogP contribution in [0.15, 0.2) is 0 Å². The van der Waals surface area contributed by atoms with Gasteiger partial charge in [-0.25, -0.2) is 0 Å². The molecule has 2 rings (SSSR count). The highest BCUT2D eigenvalue weighted by Gasteiger charge is 2.46. The summed E-state index contributed by atoms with van der Waals surface area (Å²) in [7, 11) is 0. The van der Waals surface area contributed by atoms with Gasteiger partial charge < -0.3 is 10.4 Å². The first-order chi connectivity index (χ1) is 6.09. The summed E-state index contributed by atoms with van der Waals surface area (Å²) in [5.74, 6) is 0. The van der Waals surface area contributed by atoms with Crippen molar-refractivity contribution in [3.8, 4) is 0 Å². The first kappa shape index (κ1) is 9.47. The molecule has 2 fully saturated rings. The minimum absolute atomic E-state index is 0.0925. The van der Waals surface area contributed by atoms with Crippen molar-refractivity contribution < 1.29 is 5.11 Å². The first-order valence-electron chi connectivity index (χ1n) is 5.54. The zero-order valence-electron chi connectivity index (χ0n) is 8.71. The van der Waals surface area contributed by atoms with Crippen LogP contribution < -0.4 is 5.32 Å². The Bertz CT molecular complexity index is 191. The Kier molecular flexibility index (Phi) is 2.37. The minimum atomic E-state index is -0.0925. The maximum Gasteiger partial charge on any atom is 0.0693 e. The van der Waals surface area contributed by atoms with Gasteiger partial charge in [0.2, 0.25) is 0 Å². The highest BCUT2D eigenvalue weighted by molar-refractivity contribution is 5.03. The van der Waals surface area contributed by atoms with Crippen molar-refractivity contribution in [2.75, 3.05) is 0 Å². The SMILES string of the molecule is CC1(C)CC1N[C@@H]1CCCC[C@H]1O. The molecule has 0 aliphatic heterocycles. The second kappa shape index (κ2) is 3.25. The van der Waals surface area contributed by atoms with E-state index >= 15 is 0 Å². The fourth-order valence-electron chi connectivity index (χ4n) is 2.32. The van der Waals surface area contributed by atoms with E-state index in [1.807, 2.05) is 0 Å². The van der Waals surface area contributed by atoms with Crippen molar-refractivity contribution in [1.82, 2.24) is 5.32 Å². The molecule has 1 unspecified atom stereocenters. The van der Waals surface area contributed by atoms with Crippen molar-refractivity contribution >= 4 is 0 Å². The quantitative estimate of drug-likeness (QED) is 0.682. The summed E-state index contributed by atoms with van der Waals surface area (Å²) < 4.78 is 0. The highest BCUT2D eigenvalue weighted by Crippen LogP contribution is 2.45. The topological polar surface area (TPSA) is 32.3 Å². The van der Waals surface area contributed by atoms with Gasteiger partial charge in [-0.2, -0.15) is 0 Å². The Morgan fingerprint density at radius 1 is 1.23 bits per heavy atom. The Labute approximate surface area is 80.7 Å². The maximum atomic E-state index is 9.75. The molecule has 0 radical (unpaired) electrons. The third kappa shape index (κ3) is 2.05. The molecule has 0 saturated heterocycles. The smallest absolute Gasteiger partial charge is 0.0693 e. The molecule has 0 spiro atoms. The third-order valence-corrected chi connectivity index (χ3v) is 3.66. The number of aliphatic hydroxyl groups is 1. The Morgan fingerprint density at radius 3 is 2.38 bits per heavy atom. The Hall–Kier alpha value is -0.0800. The van der Waals surface area contributed by atoms with E-state index in [9.17, 15) is 5.11 Å². The van der Waals surface area contributed by atoms with Gasteiger partial charge in [-0.1, -0.05) is 26.7 Å². The van der Waals surface area contributed by atoms with E-state index in [-0.39, 0.29) is 6.10 Å². The summed E-state index contributed by atoms with van der Waals surface area (Å²) in [6.07, 6.45) is 5.81. The molecular weight excluding hydrogens is 162 g/mol. The monoisotopic (exact) mass is 183 g/mol. The molecule has 2 nitrogen and oxygen atoms in total. The molecule has 2 heteroatoms. The van der Waals surface area contributed by atoms with Crippen LogP contribution in [0.1, 0.15) is 46.0 Å². The van der Waals surface area contributed by atoms with Crippen LogP contribution in [-0.4, -0.2) is 23.3 Å². The van der Waals surface area contributed by atoms with Crippen LogP contribution in [0.25, 0.3) is 0 Å². The highest BCUT2D eigenvalue weighted by atomic mass is 16.3. The van der Waals surface area contributed by atoms with Crippen molar-refractivity contribution in [2.45, 2.75) is 64.1 Å². The second-order valence-electron chi connectivity index (χ2n) is 5.37. The van der Waals surface area contributed by atoms with Crippen molar-refractivity contribution in [3.05, 3.63) is 0 Å². The number of rotatable bonds is 2. The van der Waals surface area contributed by atoms with Crippen LogP contribution in [-0.2, 0) is 0 Å². The number of hydrogen-bond donors (Lipinski definition) is 2. The van der Waals surface area contributed by atoms with E-state index in [0.29, 0.717) is 17.5 Å². The molecule has 2 aliphatic carbocycles. The average molecular weight is 183 g/mol. The van der Waals surface area contributed by atoms with Crippen LogP contribution in [0.3, 0.4) is 0 Å². The van der Waals surface area contributed by atoms with E-state index in [1.165, 1.54) is 19.3 Å². The Balaban J connectivity index is 1.81. The van der Waals surface area contributed by atoms with Gasteiger partial charge in [-0.05, 0) is 24.7 Å². The number of nitrogens with one attached hydrogen (secondary N) is 1. The molecule has 0 aromatic heterocycles. The number of aliphatic hydroxyl groups excluding tert-OH is 1. The summed E-state index contributed by atoms with van der Waals surface area (Å²) in [6, 6.07) is 1.03. The third-order valence-electron chi connectivity index (χ3n) is 3.66. The number of hydrogen-bond acceptors (Lipinski definition) is 2. The van der Waals surface area contributed by atoms with Crippen LogP contribution in [0.4, 0.5) is 0 Å². The lowest BCUT2D eigenvalue weighted by atomic mass is 9.92. The van der Waals surface area contributed by atoms with E-state index in [1.54, 1.807) is 0 Å². The predicted molar refractivity (Wildman–Crippen MR) is 53.6 cm³/mol. The van der Waals surface area contributed by atoms with Crippen LogP contribution in [0, 0.1) is 5.41 Å². The lowest BCUT2D eigenvalue weighted by Crippen LogP contribution is -2.44.